The SMILES string of the molecule is CC(C)(C)OC(=O)N1CCCCC1CCNCc1cccc(-c2ccnc(Cl)n2)c1. The van der Waals surface area contributed by atoms with Gasteiger partial charge >= 0.3 is 6.09 Å². The molecule has 1 amide bonds. The molecule has 0 radical (unpaired) electrons. The topological polar surface area (TPSA) is 67.3 Å². The second-order valence-corrected chi connectivity index (χ2v) is 9.04. The molecule has 2 heterocycles. The van der Waals surface area contributed by atoms with Crippen LogP contribution in [0.15, 0.2) is 36.5 Å². The van der Waals surface area contributed by atoms with Crippen LogP contribution in [-0.2, 0) is 11.3 Å². The Hall–Kier alpha value is -2.18. The highest BCUT2D eigenvalue weighted by atomic mass is 35.5. The normalized spacial score (nSPS) is 17.1. The molecular formula is C23H31ClN4O2. The van der Waals surface area contributed by atoms with E-state index in [1.807, 2.05) is 43.9 Å². The maximum Gasteiger partial charge on any atom is 0.410 e. The Morgan fingerprint density at radius 1 is 1.30 bits per heavy atom. The number of carbonyl (C=O) groups is 1. The molecule has 1 saturated heterocycles. The molecule has 1 aromatic heterocycles. The van der Waals surface area contributed by atoms with Gasteiger partial charge in [-0.05, 0) is 82.3 Å². The van der Waals surface area contributed by atoms with Gasteiger partial charge in [-0.3, -0.25) is 0 Å². The van der Waals surface area contributed by atoms with Gasteiger partial charge in [0.1, 0.15) is 5.60 Å². The van der Waals surface area contributed by atoms with E-state index in [2.05, 4.69) is 27.4 Å². The summed E-state index contributed by atoms with van der Waals surface area (Å²) in [4.78, 5) is 22.7. The summed E-state index contributed by atoms with van der Waals surface area (Å²) in [6.45, 7) is 8.11. The molecule has 0 bridgehead atoms. The number of nitrogens with one attached hydrogen (secondary N) is 1. The van der Waals surface area contributed by atoms with Gasteiger partial charge in [0.2, 0.25) is 5.28 Å². The van der Waals surface area contributed by atoms with Gasteiger partial charge in [-0.25, -0.2) is 14.8 Å². The van der Waals surface area contributed by atoms with Gasteiger partial charge in [-0.15, -0.1) is 0 Å². The maximum atomic E-state index is 12.5. The van der Waals surface area contributed by atoms with E-state index >= 15 is 0 Å². The Bertz CT molecular complexity index is 853. The number of piperidine rings is 1. The summed E-state index contributed by atoms with van der Waals surface area (Å²) >= 11 is 5.91. The molecule has 1 fully saturated rings. The number of carbonyl (C=O) groups excluding carboxylic acids is 1. The van der Waals surface area contributed by atoms with Crippen LogP contribution in [0.2, 0.25) is 5.28 Å². The number of benzene rings is 1. The van der Waals surface area contributed by atoms with Crippen molar-refractivity contribution in [1.29, 1.82) is 0 Å². The molecule has 1 aliphatic heterocycles. The molecule has 1 atom stereocenters. The van der Waals surface area contributed by atoms with E-state index in [4.69, 9.17) is 16.3 Å². The largest absolute Gasteiger partial charge is 0.444 e. The van der Waals surface area contributed by atoms with Gasteiger partial charge in [0.05, 0.1) is 5.69 Å². The molecule has 6 nitrogen and oxygen atoms in total. The van der Waals surface area contributed by atoms with E-state index in [1.54, 1.807) is 6.20 Å². The first-order chi connectivity index (χ1) is 14.3. The fourth-order valence-corrected chi connectivity index (χ4v) is 3.85. The smallest absolute Gasteiger partial charge is 0.410 e. The first kappa shape index (κ1) is 22.5. The summed E-state index contributed by atoms with van der Waals surface area (Å²) in [5, 5.41) is 3.76. The number of likely N-dealkylation sites (tertiary alicyclic amines) is 1. The van der Waals surface area contributed by atoms with Crippen LogP contribution in [0.5, 0.6) is 0 Å². The predicted octanol–water partition coefficient (Wildman–Crippen LogP) is 5.07. The molecule has 7 heteroatoms. The molecule has 0 spiro atoms. The minimum atomic E-state index is -0.462. The summed E-state index contributed by atoms with van der Waals surface area (Å²) < 4.78 is 5.59. The number of nitrogens with zero attached hydrogens (tertiary/aromatic N) is 3. The van der Waals surface area contributed by atoms with E-state index in [0.717, 1.165) is 56.6 Å². The standard InChI is InChI=1S/C23H31ClN4O2/c1-23(2,3)30-22(29)28-14-5-4-9-19(28)10-12-25-16-17-7-6-8-18(15-17)20-11-13-26-21(24)27-20/h6-8,11,13,15,19,25H,4-5,9-10,12,14,16H2,1-3H3. The molecule has 0 saturated carbocycles. The third-order valence-electron chi connectivity index (χ3n) is 5.09. The van der Waals surface area contributed by atoms with Crippen LogP contribution in [0.1, 0.15) is 52.0 Å². The molecule has 0 aliphatic carbocycles. The van der Waals surface area contributed by atoms with Crippen LogP contribution in [0, 0.1) is 0 Å². The highest BCUT2D eigenvalue weighted by Crippen LogP contribution is 2.23. The minimum absolute atomic E-state index is 0.191. The first-order valence-corrected chi connectivity index (χ1v) is 11.0. The third kappa shape index (κ3) is 6.67. The molecular weight excluding hydrogens is 400 g/mol. The second kappa shape index (κ2) is 10.2. The van der Waals surface area contributed by atoms with Crippen molar-refractivity contribution in [2.24, 2.45) is 0 Å². The van der Waals surface area contributed by atoms with Crippen LogP contribution in [0.25, 0.3) is 11.3 Å². The van der Waals surface area contributed by atoms with Crippen LogP contribution >= 0.6 is 11.6 Å². The van der Waals surface area contributed by atoms with E-state index in [0.29, 0.717) is 0 Å². The zero-order chi connectivity index (χ0) is 21.6. The number of rotatable bonds is 6. The van der Waals surface area contributed by atoms with Crippen molar-refractivity contribution in [1.82, 2.24) is 20.2 Å². The lowest BCUT2D eigenvalue weighted by atomic mass is 10.00. The number of ether oxygens (including phenoxy) is 1. The maximum absolute atomic E-state index is 12.5. The Morgan fingerprint density at radius 2 is 2.13 bits per heavy atom. The van der Waals surface area contributed by atoms with Gasteiger partial charge in [-0.1, -0.05) is 18.2 Å². The van der Waals surface area contributed by atoms with Gasteiger partial charge in [0.15, 0.2) is 0 Å². The molecule has 30 heavy (non-hydrogen) atoms. The summed E-state index contributed by atoms with van der Waals surface area (Å²) in [6, 6.07) is 10.3. The van der Waals surface area contributed by atoms with Gasteiger partial charge < -0.3 is 15.0 Å². The molecule has 1 unspecified atom stereocenters. The van der Waals surface area contributed by atoms with Crippen LogP contribution in [0.3, 0.4) is 0 Å². The van der Waals surface area contributed by atoms with E-state index in [1.165, 1.54) is 5.56 Å². The Morgan fingerprint density at radius 3 is 2.90 bits per heavy atom. The first-order valence-electron chi connectivity index (χ1n) is 10.6. The van der Waals surface area contributed by atoms with Crippen molar-refractivity contribution in [3.63, 3.8) is 0 Å². The van der Waals surface area contributed by atoms with E-state index in [-0.39, 0.29) is 17.4 Å². The third-order valence-corrected chi connectivity index (χ3v) is 5.27. The van der Waals surface area contributed by atoms with Crippen LogP contribution < -0.4 is 5.32 Å². The Kier molecular flexibility index (Phi) is 7.67. The zero-order valence-electron chi connectivity index (χ0n) is 18.0. The van der Waals surface area contributed by atoms with Gasteiger partial charge in [0, 0.05) is 30.9 Å². The average molecular weight is 431 g/mol. The van der Waals surface area contributed by atoms with Crippen molar-refractivity contribution in [3.8, 4) is 11.3 Å². The zero-order valence-corrected chi connectivity index (χ0v) is 18.8. The summed E-state index contributed by atoms with van der Waals surface area (Å²) in [5.41, 5.74) is 2.54. The minimum Gasteiger partial charge on any atom is -0.444 e. The molecule has 1 aromatic carbocycles. The molecule has 1 N–H and O–H groups in total. The van der Waals surface area contributed by atoms with Crippen LogP contribution in [0.4, 0.5) is 4.79 Å². The number of halogens is 1. The average Bonchev–Trinajstić information content (AvgIpc) is 2.70. The van der Waals surface area contributed by atoms with Gasteiger partial charge in [0.25, 0.3) is 0 Å². The Labute approximate surface area is 184 Å². The lowest BCUT2D eigenvalue weighted by Gasteiger charge is -2.37. The fraction of sp³-hybridized carbons (Fsp3) is 0.522. The van der Waals surface area contributed by atoms with Crippen molar-refractivity contribution >= 4 is 17.7 Å². The molecule has 2 aromatic rings. The quantitative estimate of drug-likeness (QED) is 0.512. The summed E-state index contributed by atoms with van der Waals surface area (Å²) in [7, 11) is 0. The highest BCUT2D eigenvalue weighted by Gasteiger charge is 2.29. The van der Waals surface area contributed by atoms with Crippen molar-refractivity contribution < 1.29 is 9.53 Å². The second-order valence-electron chi connectivity index (χ2n) is 8.70. The van der Waals surface area contributed by atoms with Crippen molar-refractivity contribution in [3.05, 3.63) is 47.4 Å². The number of hydrogen-bond acceptors (Lipinski definition) is 5. The fourth-order valence-electron chi connectivity index (χ4n) is 3.70. The van der Waals surface area contributed by atoms with Crippen molar-refractivity contribution in [2.75, 3.05) is 13.1 Å². The van der Waals surface area contributed by atoms with Crippen LogP contribution in [-0.4, -0.2) is 45.7 Å². The molecule has 1 aliphatic rings. The number of aromatic nitrogens is 2. The highest BCUT2D eigenvalue weighted by molar-refractivity contribution is 6.28. The van der Waals surface area contributed by atoms with E-state index in [9.17, 15) is 4.79 Å². The van der Waals surface area contributed by atoms with Gasteiger partial charge in [-0.2, -0.15) is 0 Å². The van der Waals surface area contributed by atoms with Crippen molar-refractivity contribution in [2.45, 2.75) is 64.6 Å². The lowest BCUT2D eigenvalue weighted by Crippen LogP contribution is -2.47. The number of amides is 1. The summed E-state index contributed by atoms with van der Waals surface area (Å²) in [5.74, 6) is 0. The molecule has 162 valence electrons. The molecule has 3 rings (SSSR count). The van der Waals surface area contributed by atoms with E-state index < -0.39 is 5.60 Å². The Balaban J connectivity index is 1.51. The number of hydrogen-bond donors (Lipinski definition) is 1. The summed E-state index contributed by atoms with van der Waals surface area (Å²) in [6.07, 6.45) is 5.63. The lowest BCUT2D eigenvalue weighted by molar-refractivity contribution is 0.00893. The predicted molar refractivity (Wildman–Crippen MR) is 119 cm³/mol. The monoisotopic (exact) mass is 430 g/mol.